The lowest BCUT2D eigenvalue weighted by molar-refractivity contribution is -0.129. The zero-order valence-electron chi connectivity index (χ0n) is 12.8. The molecule has 0 saturated heterocycles. The lowest BCUT2D eigenvalue weighted by atomic mass is 10.1. The first kappa shape index (κ1) is 17.1. The number of urea groups is 1. The van der Waals surface area contributed by atoms with Crippen LogP contribution in [0.4, 0.5) is 9.18 Å². The maximum absolute atomic E-state index is 12.9. The third-order valence-electron chi connectivity index (χ3n) is 3.11. The number of nitrogens with one attached hydrogen (secondary N) is 2. The molecule has 0 bridgehead atoms. The number of benzene rings is 2. The number of imide groups is 1. The molecule has 0 unspecified atom stereocenters. The molecule has 0 aromatic heterocycles. The number of rotatable bonds is 4. The van der Waals surface area contributed by atoms with E-state index in [1.54, 1.807) is 30.3 Å². The van der Waals surface area contributed by atoms with E-state index < -0.39 is 29.8 Å². The molecule has 0 fully saturated rings. The summed E-state index contributed by atoms with van der Waals surface area (Å²) in [5, 5.41) is 4.31. The predicted molar refractivity (Wildman–Crippen MR) is 83.6 cm³/mol. The van der Waals surface area contributed by atoms with Gasteiger partial charge >= 0.3 is 12.0 Å². The molecule has 0 saturated carbocycles. The molecule has 0 aliphatic rings. The molecular formula is C17H15FN2O4. The first-order valence-corrected chi connectivity index (χ1v) is 7.05. The Labute approximate surface area is 137 Å². The average molecular weight is 330 g/mol. The molecular weight excluding hydrogens is 315 g/mol. The highest BCUT2D eigenvalue weighted by molar-refractivity contribution is 5.99. The summed E-state index contributed by atoms with van der Waals surface area (Å²) in [4.78, 5) is 35.7. The van der Waals surface area contributed by atoms with Gasteiger partial charge in [0.15, 0.2) is 0 Å². The van der Waals surface area contributed by atoms with Crippen molar-refractivity contribution in [2.45, 2.75) is 6.10 Å². The fraction of sp³-hybridized carbons (Fsp3) is 0.118. The molecule has 0 aliphatic heterocycles. The largest absolute Gasteiger partial charge is 0.444 e. The Bertz CT molecular complexity index is 732. The third kappa shape index (κ3) is 4.39. The van der Waals surface area contributed by atoms with Gasteiger partial charge in [-0.25, -0.2) is 14.0 Å². The van der Waals surface area contributed by atoms with Crippen LogP contribution in [0.15, 0.2) is 54.6 Å². The number of halogens is 1. The normalized spacial score (nSPS) is 11.2. The molecule has 2 aromatic rings. The van der Waals surface area contributed by atoms with E-state index >= 15 is 0 Å². The van der Waals surface area contributed by atoms with Crippen LogP contribution in [-0.4, -0.2) is 25.0 Å². The molecule has 0 spiro atoms. The van der Waals surface area contributed by atoms with Crippen molar-refractivity contribution >= 4 is 17.9 Å². The number of esters is 1. The standard InChI is InChI=1S/C17H15FN2O4/c1-19-17(23)20-15(21)14(11-5-3-2-4-6-11)24-16(22)12-7-9-13(18)10-8-12/h2-10,14H,1H3,(H2,19,20,21,23)/t14-/m0/s1. The van der Waals surface area contributed by atoms with Crippen LogP contribution < -0.4 is 10.6 Å². The summed E-state index contributed by atoms with van der Waals surface area (Å²) >= 11 is 0. The Hall–Kier alpha value is -3.22. The van der Waals surface area contributed by atoms with E-state index in [9.17, 15) is 18.8 Å². The topological polar surface area (TPSA) is 84.5 Å². The molecule has 0 aliphatic carbocycles. The molecule has 0 heterocycles. The van der Waals surface area contributed by atoms with Crippen molar-refractivity contribution in [2.24, 2.45) is 0 Å². The second-order valence-electron chi connectivity index (χ2n) is 4.77. The lowest BCUT2D eigenvalue weighted by Crippen LogP contribution is -2.41. The minimum Gasteiger partial charge on any atom is -0.444 e. The van der Waals surface area contributed by atoms with Crippen LogP contribution in [0.25, 0.3) is 0 Å². The number of ether oxygens (including phenoxy) is 1. The second-order valence-corrected chi connectivity index (χ2v) is 4.77. The molecule has 2 rings (SSSR count). The van der Waals surface area contributed by atoms with Crippen LogP contribution in [0.1, 0.15) is 22.0 Å². The molecule has 3 amide bonds. The summed E-state index contributed by atoms with van der Waals surface area (Å²) < 4.78 is 18.1. The molecule has 7 heteroatoms. The molecule has 1 atom stereocenters. The number of hydrogen-bond donors (Lipinski definition) is 2. The molecule has 0 radical (unpaired) electrons. The van der Waals surface area contributed by atoms with Gasteiger partial charge in [-0.2, -0.15) is 0 Å². The van der Waals surface area contributed by atoms with Gasteiger partial charge in [0.25, 0.3) is 5.91 Å². The van der Waals surface area contributed by atoms with Crippen molar-refractivity contribution in [3.05, 3.63) is 71.5 Å². The smallest absolute Gasteiger partial charge is 0.339 e. The van der Waals surface area contributed by atoms with E-state index in [4.69, 9.17) is 4.74 Å². The van der Waals surface area contributed by atoms with Crippen LogP contribution in [0, 0.1) is 5.82 Å². The first-order valence-electron chi connectivity index (χ1n) is 7.05. The quantitative estimate of drug-likeness (QED) is 0.842. The number of hydrogen-bond acceptors (Lipinski definition) is 4. The Balaban J connectivity index is 2.22. The summed E-state index contributed by atoms with van der Waals surface area (Å²) in [7, 11) is 1.35. The molecule has 124 valence electrons. The van der Waals surface area contributed by atoms with Gasteiger partial charge in [-0.1, -0.05) is 30.3 Å². The van der Waals surface area contributed by atoms with E-state index in [1.165, 1.54) is 19.2 Å². The number of amides is 3. The van der Waals surface area contributed by atoms with Gasteiger partial charge in [-0.05, 0) is 24.3 Å². The van der Waals surface area contributed by atoms with Gasteiger partial charge in [0.2, 0.25) is 6.10 Å². The Morgan fingerprint density at radius 3 is 2.21 bits per heavy atom. The highest BCUT2D eigenvalue weighted by Crippen LogP contribution is 2.19. The van der Waals surface area contributed by atoms with Crippen molar-refractivity contribution in [1.29, 1.82) is 0 Å². The second kappa shape index (κ2) is 7.87. The molecule has 2 N–H and O–H groups in total. The predicted octanol–water partition coefficient (Wildman–Crippen LogP) is 2.18. The van der Waals surface area contributed by atoms with Crippen LogP contribution in [0.2, 0.25) is 0 Å². The van der Waals surface area contributed by atoms with Crippen LogP contribution in [-0.2, 0) is 9.53 Å². The van der Waals surface area contributed by atoms with E-state index in [1.807, 2.05) is 0 Å². The van der Waals surface area contributed by atoms with Crippen molar-refractivity contribution in [3.8, 4) is 0 Å². The van der Waals surface area contributed by atoms with Crippen molar-refractivity contribution in [2.75, 3.05) is 7.05 Å². The van der Waals surface area contributed by atoms with Gasteiger partial charge < -0.3 is 10.1 Å². The van der Waals surface area contributed by atoms with E-state index in [0.717, 1.165) is 12.1 Å². The highest BCUT2D eigenvalue weighted by Gasteiger charge is 2.26. The Morgan fingerprint density at radius 2 is 1.62 bits per heavy atom. The van der Waals surface area contributed by atoms with Gasteiger partial charge in [-0.3, -0.25) is 10.1 Å². The third-order valence-corrected chi connectivity index (χ3v) is 3.11. The van der Waals surface area contributed by atoms with E-state index in [2.05, 4.69) is 10.6 Å². The van der Waals surface area contributed by atoms with Crippen LogP contribution in [0.5, 0.6) is 0 Å². The fourth-order valence-corrected chi connectivity index (χ4v) is 1.90. The SMILES string of the molecule is CNC(=O)NC(=O)[C@@H](OC(=O)c1ccc(F)cc1)c1ccccc1. The van der Waals surface area contributed by atoms with Crippen molar-refractivity contribution in [3.63, 3.8) is 0 Å². The van der Waals surface area contributed by atoms with Crippen molar-refractivity contribution in [1.82, 2.24) is 10.6 Å². The van der Waals surface area contributed by atoms with Gasteiger partial charge in [-0.15, -0.1) is 0 Å². The first-order chi connectivity index (χ1) is 11.5. The number of carbonyl (C=O) groups is 3. The Kier molecular flexibility index (Phi) is 5.62. The number of carbonyl (C=O) groups excluding carboxylic acids is 3. The Morgan fingerprint density at radius 1 is 1.00 bits per heavy atom. The zero-order chi connectivity index (χ0) is 17.5. The molecule has 24 heavy (non-hydrogen) atoms. The summed E-state index contributed by atoms with van der Waals surface area (Å²) in [5.41, 5.74) is 0.486. The van der Waals surface area contributed by atoms with Gasteiger partial charge in [0.1, 0.15) is 5.82 Å². The van der Waals surface area contributed by atoms with Gasteiger partial charge in [0, 0.05) is 12.6 Å². The summed E-state index contributed by atoms with van der Waals surface area (Å²) in [5.74, 6) is -2.10. The average Bonchev–Trinajstić information content (AvgIpc) is 2.60. The maximum atomic E-state index is 12.9. The molecule has 2 aromatic carbocycles. The minimum atomic E-state index is -1.32. The van der Waals surface area contributed by atoms with Crippen LogP contribution >= 0.6 is 0 Å². The van der Waals surface area contributed by atoms with E-state index in [0.29, 0.717) is 5.56 Å². The van der Waals surface area contributed by atoms with Crippen molar-refractivity contribution < 1.29 is 23.5 Å². The summed E-state index contributed by atoms with van der Waals surface area (Å²) in [6.07, 6.45) is -1.32. The summed E-state index contributed by atoms with van der Waals surface area (Å²) in [6.45, 7) is 0. The molecule has 6 nitrogen and oxygen atoms in total. The van der Waals surface area contributed by atoms with E-state index in [-0.39, 0.29) is 5.56 Å². The minimum absolute atomic E-state index is 0.0880. The monoisotopic (exact) mass is 330 g/mol. The zero-order valence-corrected chi connectivity index (χ0v) is 12.8. The highest BCUT2D eigenvalue weighted by atomic mass is 19.1. The fourth-order valence-electron chi connectivity index (χ4n) is 1.90. The van der Waals surface area contributed by atoms with Gasteiger partial charge in [0.05, 0.1) is 5.56 Å². The maximum Gasteiger partial charge on any atom is 0.339 e. The lowest BCUT2D eigenvalue weighted by Gasteiger charge is -2.17. The van der Waals surface area contributed by atoms with Crippen LogP contribution in [0.3, 0.4) is 0 Å². The summed E-state index contributed by atoms with van der Waals surface area (Å²) in [6, 6.07) is 12.2.